The minimum atomic E-state index is -0.146. The Morgan fingerprint density at radius 1 is 1.64 bits per heavy atom. The van der Waals surface area contributed by atoms with Crippen LogP contribution in [-0.4, -0.2) is 22.7 Å². The third-order valence-electron chi connectivity index (χ3n) is 1.77. The average molecular weight is 217 g/mol. The molecule has 78 valence electrons. The van der Waals surface area contributed by atoms with Crippen LogP contribution in [0.3, 0.4) is 0 Å². The van der Waals surface area contributed by atoms with E-state index in [1.54, 1.807) is 0 Å². The zero-order chi connectivity index (χ0) is 10.6. The molecule has 3 N–H and O–H groups in total. The van der Waals surface area contributed by atoms with E-state index in [4.69, 9.17) is 16.7 Å². The number of aliphatic hydroxyl groups is 1. The van der Waals surface area contributed by atoms with Gasteiger partial charge >= 0.3 is 0 Å². The second-order valence-electron chi connectivity index (χ2n) is 3.14. The van der Waals surface area contributed by atoms with E-state index in [-0.39, 0.29) is 18.1 Å². The van der Waals surface area contributed by atoms with Crippen molar-refractivity contribution in [2.45, 2.75) is 19.4 Å². The minimum absolute atomic E-state index is 0.0918. The molecule has 1 atom stereocenters. The normalized spacial score (nSPS) is 12.5. The summed E-state index contributed by atoms with van der Waals surface area (Å²) in [5, 5.41) is 12.0. The van der Waals surface area contributed by atoms with E-state index in [2.05, 4.69) is 10.3 Å². The van der Waals surface area contributed by atoms with Gasteiger partial charge in [0.15, 0.2) is 5.43 Å². The molecule has 0 aliphatic rings. The van der Waals surface area contributed by atoms with E-state index < -0.39 is 0 Å². The molecule has 1 unspecified atom stereocenters. The highest BCUT2D eigenvalue weighted by molar-refractivity contribution is 6.29. The minimum Gasteiger partial charge on any atom is -0.396 e. The SMILES string of the molecule is CC(CCO)Nc1cc(=O)cc(Cl)[nH]1. The van der Waals surface area contributed by atoms with Crippen molar-refractivity contribution < 1.29 is 5.11 Å². The topological polar surface area (TPSA) is 65.1 Å². The number of halogens is 1. The summed E-state index contributed by atoms with van der Waals surface area (Å²) < 4.78 is 0. The van der Waals surface area contributed by atoms with Crippen LogP contribution in [0.25, 0.3) is 0 Å². The first-order chi connectivity index (χ1) is 6.61. The summed E-state index contributed by atoms with van der Waals surface area (Å²) in [6, 6.07) is 2.83. The van der Waals surface area contributed by atoms with Crippen LogP contribution in [0, 0.1) is 0 Å². The largest absolute Gasteiger partial charge is 0.396 e. The first-order valence-electron chi connectivity index (χ1n) is 4.39. The fraction of sp³-hybridized carbons (Fsp3) is 0.444. The summed E-state index contributed by atoms with van der Waals surface area (Å²) in [6.45, 7) is 2.02. The quantitative estimate of drug-likeness (QED) is 0.663. The number of rotatable bonds is 4. The van der Waals surface area contributed by atoms with E-state index in [1.165, 1.54) is 12.1 Å². The van der Waals surface area contributed by atoms with Crippen molar-refractivity contribution in [1.82, 2.24) is 4.98 Å². The molecule has 1 heterocycles. The number of aromatic nitrogens is 1. The van der Waals surface area contributed by atoms with Crippen LogP contribution in [0.2, 0.25) is 5.15 Å². The highest BCUT2D eigenvalue weighted by Crippen LogP contribution is 2.07. The van der Waals surface area contributed by atoms with Gasteiger partial charge in [0.25, 0.3) is 0 Å². The fourth-order valence-corrected chi connectivity index (χ4v) is 1.33. The Bertz CT molecular complexity index is 351. The van der Waals surface area contributed by atoms with Crippen LogP contribution in [0.15, 0.2) is 16.9 Å². The van der Waals surface area contributed by atoms with Crippen molar-refractivity contribution in [3.05, 3.63) is 27.5 Å². The van der Waals surface area contributed by atoms with Crippen LogP contribution >= 0.6 is 11.6 Å². The number of nitrogens with one attached hydrogen (secondary N) is 2. The molecule has 0 aliphatic heterocycles. The third-order valence-corrected chi connectivity index (χ3v) is 1.98. The molecule has 1 rings (SSSR count). The van der Waals surface area contributed by atoms with Crippen molar-refractivity contribution in [2.24, 2.45) is 0 Å². The van der Waals surface area contributed by atoms with Gasteiger partial charge in [-0.3, -0.25) is 4.79 Å². The molecular formula is C9H13ClN2O2. The van der Waals surface area contributed by atoms with Crippen LogP contribution in [0.4, 0.5) is 5.82 Å². The Morgan fingerprint density at radius 2 is 2.36 bits per heavy atom. The van der Waals surface area contributed by atoms with Gasteiger partial charge in [-0.1, -0.05) is 11.6 Å². The highest BCUT2D eigenvalue weighted by atomic mass is 35.5. The average Bonchev–Trinajstić information content (AvgIpc) is 2.01. The number of hydrogen-bond acceptors (Lipinski definition) is 3. The summed E-state index contributed by atoms with van der Waals surface area (Å²) in [5.74, 6) is 0.573. The van der Waals surface area contributed by atoms with Crippen molar-refractivity contribution >= 4 is 17.4 Å². The van der Waals surface area contributed by atoms with E-state index >= 15 is 0 Å². The lowest BCUT2D eigenvalue weighted by Gasteiger charge is -2.13. The molecule has 0 aliphatic carbocycles. The van der Waals surface area contributed by atoms with Crippen LogP contribution in [0.5, 0.6) is 0 Å². The lowest BCUT2D eigenvalue weighted by atomic mass is 10.2. The van der Waals surface area contributed by atoms with Gasteiger partial charge < -0.3 is 15.4 Å². The summed E-state index contributed by atoms with van der Waals surface area (Å²) >= 11 is 5.67. The second-order valence-corrected chi connectivity index (χ2v) is 3.54. The Kier molecular flexibility index (Phi) is 3.98. The Hall–Kier alpha value is -1.00. The van der Waals surface area contributed by atoms with E-state index in [0.29, 0.717) is 17.4 Å². The first-order valence-corrected chi connectivity index (χ1v) is 4.77. The second kappa shape index (κ2) is 5.02. The summed E-state index contributed by atoms with van der Waals surface area (Å²) in [4.78, 5) is 13.9. The number of pyridine rings is 1. The van der Waals surface area contributed by atoms with E-state index in [1.807, 2.05) is 6.92 Å². The molecule has 1 aromatic rings. The Balaban J connectivity index is 2.71. The molecule has 0 saturated carbocycles. The number of anilines is 1. The lowest BCUT2D eigenvalue weighted by molar-refractivity contribution is 0.282. The van der Waals surface area contributed by atoms with Gasteiger partial charge in [0.1, 0.15) is 11.0 Å². The maximum atomic E-state index is 11.1. The maximum Gasteiger partial charge on any atom is 0.185 e. The standard InChI is InChI=1S/C9H13ClN2O2/c1-6(2-3-13)11-9-5-7(14)4-8(10)12-9/h4-6,13H,2-3H2,1H3,(H2,11,12,14). The Labute approximate surface area is 86.9 Å². The maximum absolute atomic E-state index is 11.1. The molecule has 0 spiro atoms. The van der Waals surface area contributed by atoms with Gasteiger partial charge in [0, 0.05) is 24.8 Å². The molecule has 0 saturated heterocycles. The van der Waals surface area contributed by atoms with Gasteiger partial charge in [-0.25, -0.2) is 0 Å². The van der Waals surface area contributed by atoms with Gasteiger partial charge in [-0.05, 0) is 13.3 Å². The smallest absolute Gasteiger partial charge is 0.185 e. The number of H-pyrrole nitrogens is 1. The lowest BCUT2D eigenvalue weighted by Crippen LogP contribution is -2.18. The summed E-state index contributed by atoms with van der Waals surface area (Å²) in [6.07, 6.45) is 0.620. The zero-order valence-electron chi connectivity index (χ0n) is 7.88. The molecule has 14 heavy (non-hydrogen) atoms. The van der Waals surface area contributed by atoms with Gasteiger partial charge in [-0.15, -0.1) is 0 Å². The molecule has 0 aromatic carbocycles. The zero-order valence-corrected chi connectivity index (χ0v) is 8.64. The monoisotopic (exact) mass is 216 g/mol. The molecule has 5 heteroatoms. The third kappa shape index (κ3) is 3.40. The van der Waals surface area contributed by atoms with Gasteiger partial charge in [0.2, 0.25) is 0 Å². The summed E-state index contributed by atoms with van der Waals surface area (Å²) in [7, 11) is 0. The Morgan fingerprint density at radius 3 is 2.93 bits per heavy atom. The molecule has 0 fully saturated rings. The first kappa shape index (κ1) is 11.1. The van der Waals surface area contributed by atoms with Crippen molar-refractivity contribution in [1.29, 1.82) is 0 Å². The van der Waals surface area contributed by atoms with Crippen molar-refractivity contribution in [3.8, 4) is 0 Å². The molecule has 0 radical (unpaired) electrons. The number of aromatic amines is 1. The molecule has 0 amide bonds. The van der Waals surface area contributed by atoms with Crippen molar-refractivity contribution in [2.75, 3.05) is 11.9 Å². The molecule has 0 bridgehead atoms. The highest BCUT2D eigenvalue weighted by Gasteiger charge is 2.02. The predicted molar refractivity (Wildman–Crippen MR) is 56.9 cm³/mol. The van der Waals surface area contributed by atoms with E-state index in [9.17, 15) is 4.79 Å². The van der Waals surface area contributed by atoms with Gasteiger partial charge in [0.05, 0.1) is 0 Å². The van der Waals surface area contributed by atoms with Crippen LogP contribution < -0.4 is 10.7 Å². The summed E-state index contributed by atoms with van der Waals surface area (Å²) in [5.41, 5.74) is -0.146. The molecule has 4 nitrogen and oxygen atoms in total. The predicted octanol–water partition coefficient (Wildman–Crippen LogP) is 1.21. The number of aliphatic hydroxyl groups excluding tert-OH is 1. The van der Waals surface area contributed by atoms with E-state index in [0.717, 1.165) is 0 Å². The van der Waals surface area contributed by atoms with Gasteiger partial charge in [-0.2, -0.15) is 0 Å². The van der Waals surface area contributed by atoms with Crippen LogP contribution in [0.1, 0.15) is 13.3 Å². The van der Waals surface area contributed by atoms with Crippen LogP contribution in [-0.2, 0) is 0 Å². The molecular weight excluding hydrogens is 204 g/mol. The van der Waals surface area contributed by atoms with Crippen molar-refractivity contribution in [3.63, 3.8) is 0 Å². The fourth-order valence-electron chi connectivity index (χ4n) is 1.12. The molecule has 1 aromatic heterocycles. The number of hydrogen-bond donors (Lipinski definition) is 3.